The van der Waals surface area contributed by atoms with Crippen LogP contribution in [0, 0.1) is 16.7 Å². The van der Waals surface area contributed by atoms with Gasteiger partial charge in [-0.05, 0) is 28.9 Å². The molecule has 178 valence electrons. The third kappa shape index (κ3) is 4.74. The number of allylic oxidation sites excluding steroid dienone is 4. The van der Waals surface area contributed by atoms with Crippen molar-refractivity contribution >= 4 is 34.8 Å². The number of halogens is 2. The van der Waals surface area contributed by atoms with Crippen LogP contribution in [0.25, 0.3) is 0 Å². The van der Waals surface area contributed by atoms with E-state index in [1.54, 1.807) is 12.1 Å². The van der Waals surface area contributed by atoms with E-state index in [9.17, 15) is 9.59 Å². The van der Waals surface area contributed by atoms with E-state index in [2.05, 4.69) is 41.5 Å². The second kappa shape index (κ2) is 8.46. The molecule has 0 spiro atoms. The monoisotopic (exact) mass is 490 g/mol. The predicted octanol–water partition coefficient (Wildman–Crippen LogP) is 7.43. The summed E-state index contributed by atoms with van der Waals surface area (Å²) in [5.74, 6) is 1.50. The summed E-state index contributed by atoms with van der Waals surface area (Å²) in [7, 11) is 0. The van der Waals surface area contributed by atoms with Gasteiger partial charge in [0.1, 0.15) is 17.3 Å². The number of ketones is 2. The summed E-state index contributed by atoms with van der Waals surface area (Å²) in [5, 5.41) is 0.816. The number of ether oxygens (including phenoxy) is 2. The molecule has 0 saturated carbocycles. The topological polar surface area (TPSA) is 52.6 Å². The molecule has 1 heterocycles. The third-order valence-electron chi connectivity index (χ3n) is 6.49. The van der Waals surface area contributed by atoms with Crippen LogP contribution in [0.3, 0.4) is 0 Å². The molecule has 0 fully saturated rings. The minimum atomic E-state index is -0.589. The number of rotatable bonds is 4. The standard InChI is InChI=1S/C27H32Cl2O4/c1-14(2)13-32-25-16(7-15(28)8-17(25)29)22-23-18(30)9-26(3,4)11-20(23)33-21-12-27(5,6)10-19(31)24(21)22/h7-8,14,22H,9-13H2,1-6H3. The minimum absolute atomic E-state index is 0.00124. The van der Waals surface area contributed by atoms with Crippen LogP contribution in [0.5, 0.6) is 5.75 Å². The van der Waals surface area contributed by atoms with Gasteiger partial charge in [0.2, 0.25) is 0 Å². The molecule has 4 rings (SSSR count). The molecule has 0 atom stereocenters. The fraction of sp³-hybridized carbons (Fsp3) is 0.556. The molecule has 1 aliphatic heterocycles. The Morgan fingerprint density at radius 2 is 1.45 bits per heavy atom. The van der Waals surface area contributed by atoms with Gasteiger partial charge in [0.15, 0.2) is 11.6 Å². The van der Waals surface area contributed by atoms with E-state index >= 15 is 0 Å². The molecule has 3 aliphatic rings. The lowest BCUT2D eigenvalue weighted by Gasteiger charge is -2.43. The van der Waals surface area contributed by atoms with Crippen molar-refractivity contribution in [3.05, 3.63) is 50.4 Å². The first-order valence-electron chi connectivity index (χ1n) is 11.6. The van der Waals surface area contributed by atoms with Crippen molar-refractivity contribution in [2.24, 2.45) is 16.7 Å². The van der Waals surface area contributed by atoms with Crippen LogP contribution in [0.1, 0.15) is 78.7 Å². The van der Waals surface area contributed by atoms with Crippen molar-refractivity contribution < 1.29 is 19.1 Å². The Labute approximate surface area is 206 Å². The Bertz CT molecular complexity index is 1040. The summed E-state index contributed by atoms with van der Waals surface area (Å²) >= 11 is 13.1. The van der Waals surface area contributed by atoms with Gasteiger partial charge in [-0.15, -0.1) is 0 Å². The van der Waals surface area contributed by atoms with Gasteiger partial charge >= 0.3 is 0 Å². The molecule has 4 nitrogen and oxygen atoms in total. The smallest absolute Gasteiger partial charge is 0.163 e. The average molecular weight is 491 g/mol. The SMILES string of the molecule is CC(C)COc1c(Cl)cc(Cl)cc1C1C2=C(CC(C)(C)CC2=O)OC2=C1C(=O)CC(C)(C)C2. The Kier molecular flexibility index (Phi) is 6.24. The molecular formula is C27H32Cl2O4. The first kappa shape index (κ1) is 24.3. The number of carbonyl (C=O) groups excluding carboxylic acids is 2. The van der Waals surface area contributed by atoms with Gasteiger partial charge in [0.05, 0.1) is 17.5 Å². The molecule has 0 N–H and O–H groups in total. The molecular weight excluding hydrogens is 459 g/mol. The Hall–Kier alpha value is -1.78. The van der Waals surface area contributed by atoms with E-state index in [0.717, 1.165) is 0 Å². The summed E-state index contributed by atoms with van der Waals surface area (Å²) in [6, 6.07) is 3.43. The van der Waals surface area contributed by atoms with Crippen LogP contribution in [0.4, 0.5) is 0 Å². The maximum atomic E-state index is 13.5. The maximum Gasteiger partial charge on any atom is 0.163 e. The van der Waals surface area contributed by atoms with E-state index in [1.807, 2.05) is 0 Å². The van der Waals surface area contributed by atoms with Gasteiger partial charge in [0, 0.05) is 47.4 Å². The van der Waals surface area contributed by atoms with Crippen molar-refractivity contribution in [2.75, 3.05) is 6.61 Å². The zero-order valence-electron chi connectivity index (χ0n) is 20.2. The zero-order chi connectivity index (χ0) is 24.3. The molecule has 0 saturated heterocycles. The van der Waals surface area contributed by atoms with Crippen LogP contribution in [-0.2, 0) is 14.3 Å². The van der Waals surface area contributed by atoms with Crippen LogP contribution in [-0.4, -0.2) is 18.2 Å². The highest BCUT2D eigenvalue weighted by Gasteiger charge is 2.48. The number of Topliss-reactive ketones (excluding diaryl/α,β-unsaturated/α-hetero) is 2. The highest BCUT2D eigenvalue weighted by Crippen LogP contribution is 2.55. The molecule has 0 radical (unpaired) electrons. The van der Waals surface area contributed by atoms with Gasteiger partial charge in [-0.2, -0.15) is 0 Å². The molecule has 0 amide bonds. The van der Waals surface area contributed by atoms with Crippen molar-refractivity contribution in [1.82, 2.24) is 0 Å². The first-order chi connectivity index (χ1) is 15.3. The second-order valence-electron chi connectivity index (χ2n) is 11.6. The van der Waals surface area contributed by atoms with Crippen LogP contribution in [0.15, 0.2) is 34.8 Å². The van der Waals surface area contributed by atoms with Crippen molar-refractivity contribution in [3.63, 3.8) is 0 Å². The first-order valence-corrected chi connectivity index (χ1v) is 12.4. The van der Waals surface area contributed by atoms with E-state index < -0.39 is 5.92 Å². The summed E-state index contributed by atoms with van der Waals surface area (Å²) < 4.78 is 12.5. The fourth-order valence-corrected chi connectivity index (χ4v) is 5.75. The summed E-state index contributed by atoms with van der Waals surface area (Å²) in [6.07, 6.45) is 2.05. The summed E-state index contributed by atoms with van der Waals surface area (Å²) in [6.45, 7) is 12.8. The van der Waals surface area contributed by atoms with Gasteiger partial charge in [-0.1, -0.05) is 64.7 Å². The number of benzene rings is 1. The van der Waals surface area contributed by atoms with Gasteiger partial charge in [0.25, 0.3) is 0 Å². The van der Waals surface area contributed by atoms with Gasteiger partial charge in [-0.3, -0.25) is 9.59 Å². The van der Waals surface area contributed by atoms with E-state index in [4.69, 9.17) is 32.7 Å². The molecule has 0 bridgehead atoms. The molecule has 2 aliphatic carbocycles. The average Bonchev–Trinajstić information content (AvgIpc) is 2.62. The second-order valence-corrected chi connectivity index (χ2v) is 12.4. The Morgan fingerprint density at radius 3 is 1.94 bits per heavy atom. The lowest BCUT2D eigenvalue weighted by Crippen LogP contribution is -2.37. The van der Waals surface area contributed by atoms with Crippen molar-refractivity contribution in [1.29, 1.82) is 0 Å². The minimum Gasteiger partial charge on any atom is -0.491 e. The van der Waals surface area contributed by atoms with Crippen LogP contribution in [0.2, 0.25) is 10.0 Å². The number of hydrogen-bond donors (Lipinski definition) is 0. The van der Waals surface area contributed by atoms with Crippen LogP contribution >= 0.6 is 23.2 Å². The largest absolute Gasteiger partial charge is 0.491 e. The van der Waals surface area contributed by atoms with Gasteiger partial charge < -0.3 is 9.47 Å². The molecule has 0 aromatic heterocycles. The quantitative estimate of drug-likeness (QED) is 0.440. The Morgan fingerprint density at radius 1 is 0.939 bits per heavy atom. The molecule has 1 aromatic carbocycles. The number of hydrogen-bond acceptors (Lipinski definition) is 4. The fourth-order valence-electron chi connectivity index (χ4n) is 5.18. The third-order valence-corrected chi connectivity index (χ3v) is 6.99. The normalized spacial score (nSPS) is 22.3. The summed E-state index contributed by atoms with van der Waals surface area (Å²) in [4.78, 5) is 27.0. The molecule has 0 unspecified atom stereocenters. The van der Waals surface area contributed by atoms with Crippen LogP contribution < -0.4 is 4.74 Å². The highest BCUT2D eigenvalue weighted by molar-refractivity contribution is 6.35. The van der Waals surface area contributed by atoms with Crippen molar-refractivity contribution in [2.45, 2.75) is 73.1 Å². The highest BCUT2D eigenvalue weighted by atomic mass is 35.5. The lowest BCUT2D eigenvalue weighted by atomic mass is 9.65. The van der Waals surface area contributed by atoms with E-state index in [1.165, 1.54) is 0 Å². The summed E-state index contributed by atoms with van der Waals surface area (Å²) in [5.41, 5.74) is 1.34. The van der Waals surface area contributed by atoms with Crippen molar-refractivity contribution in [3.8, 4) is 5.75 Å². The van der Waals surface area contributed by atoms with E-state index in [-0.39, 0.29) is 28.3 Å². The van der Waals surface area contributed by atoms with E-state index in [0.29, 0.717) is 76.3 Å². The maximum absolute atomic E-state index is 13.5. The molecule has 6 heteroatoms. The molecule has 33 heavy (non-hydrogen) atoms. The predicted molar refractivity (Wildman–Crippen MR) is 131 cm³/mol. The Balaban J connectivity index is 1.96. The lowest BCUT2D eigenvalue weighted by molar-refractivity contribution is -0.120. The van der Waals surface area contributed by atoms with Gasteiger partial charge in [-0.25, -0.2) is 0 Å². The number of carbonyl (C=O) groups is 2. The molecule has 1 aromatic rings. The zero-order valence-corrected chi connectivity index (χ0v) is 21.7.